The number of benzene rings is 5. The van der Waals surface area contributed by atoms with Crippen LogP contribution in [0.2, 0.25) is 0 Å². The summed E-state index contributed by atoms with van der Waals surface area (Å²) < 4.78 is 18.5. The molecule has 48 heavy (non-hydrogen) atoms. The number of methoxy groups -OCH3 is 2. The average Bonchev–Trinajstić information content (AvgIpc) is 3.70. The topological polar surface area (TPSA) is 51.2 Å². The van der Waals surface area contributed by atoms with Crippen molar-refractivity contribution in [3.63, 3.8) is 0 Å². The second-order valence-electron chi connectivity index (χ2n) is 12.9. The van der Waals surface area contributed by atoms with E-state index < -0.39 is 5.41 Å². The van der Waals surface area contributed by atoms with Gasteiger partial charge in [0, 0.05) is 18.8 Å². The molecule has 5 heteroatoms. The van der Waals surface area contributed by atoms with Gasteiger partial charge in [-0.3, -0.25) is 0 Å². The highest BCUT2D eigenvalue weighted by Crippen LogP contribution is 2.51. The molecule has 2 heterocycles. The SMILES string of the molecule is COc1cc2c(cc1OC)C1OCC(c3ccccc3)(c3ccc(N4CCCC4)cc3)C=C1C=C2c1ccc(-c2ccc(O)cc2)cc1. The van der Waals surface area contributed by atoms with E-state index in [-0.39, 0.29) is 11.9 Å². The monoisotopic (exact) mass is 633 g/mol. The highest BCUT2D eigenvalue weighted by Gasteiger charge is 2.41. The Hall–Kier alpha value is -5.26. The van der Waals surface area contributed by atoms with Gasteiger partial charge in [-0.25, -0.2) is 0 Å². The fourth-order valence-corrected chi connectivity index (χ4v) is 7.60. The van der Waals surface area contributed by atoms with Crippen LogP contribution in [-0.2, 0) is 10.2 Å². The lowest BCUT2D eigenvalue weighted by Crippen LogP contribution is -2.37. The van der Waals surface area contributed by atoms with Crippen molar-refractivity contribution in [1.29, 1.82) is 0 Å². The van der Waals surface area contributed by atoms with E-state index in [0.717, 1.165) is 52.1 Å². The van der Waals surface area contributed by atoms with Crippen LogP contribution in [-0.4, -0.2) is 39.0 Å². The van der Waals surface area contributed by atoms with E-state index in [2.05, 4.69) is 108 Å². The van der Waals surface area contributed by atoms with Crippen molar-refractivity contribution in [2.45, 2.75) is 24.4 Å². The molecule has 1 aliphatic carbocycles. The molecule has 0 bridgehead atoms. The zero-order chi connectivity index (χ0) is 32.7. The van der Waals surface area contributed by atoms with Crippen LogP contribution >= 0.6 is 0 Å². The summed E-state index contributed by atoms with van der Waals surface area (Å²) in [5.41, 5.74) is 10.8. The summed E-state index contributed by atoms with van der Waals surface area (Å²) in [6, 6.07) is 39.9. The van der Waals surface area contributed by atoms with Gasteiger partial charge in [0.2, 0.25) is 0 Å². The first-order valence-corrected chi connectivity index (χ1v) is 16.7. The lowest BCUT2D eigenvalue weighted by Gasteiger charge is -2.41. The molecule has 1 fully saturated rings. The van der Waals surface area contributed by atoms with Crippen molar-refractivity contribution in [2.75, 3.05) is 38.8 Å². The molecule has 5 nitrogen and oxygen atoms in total. The van der Waals surface area contributed by atoms with Crippen molar-refractivity contribution >= 4 is 11.3 Å². The summed E-state index contributed by atoms with van der Waals surface area (Å²) in [5, 5.41) is 9.78. The minimum atomic E-state index is -0.463. The van der Waals surface area contributed by atoms with Gasteiger partial charge in [0.15, 0.2) is 11.5 Å². The highest BCUT2D eigenvalue weighted by atomic mass is 16.5. The van der Waals surface area contributed by atoms with Crippen molar-refractivity contribution in [3.05, 3.63) is 161 Å². The minimum absolute atomic E-state index is 0.250. The molecule has 0 spiro atoms. The van der Waals surface area contributed by atoms with Crippen LogP contribution in [0, 0.1) is 0 Å². The van der Waals surface area contributed by atoms with E-state index in [1.165, 1.54) is 29.7 Å². The Labute approximate surface area is 282 Å². The zero-order valence-electron chi connectivity index (χ0n) is 27.4. The number of aromatic hydroxyl groups is 1. The third-order valence-electron chi connectivity index (χ3n) is 10.2. The number of phenolic OH excluding ortho intramolecular Hbond substituents is 1. The lowest BCUT2D eigenvalue weighted by molar-refractivity contribution is 0.0453. The number of anilines is 1. The van der Waals surface area contributed by atoms with E-state index in [9.17, 15) is 5.11 Å². The summed E-state index contributed by atoms with van der Waals surface area (Å²) in [7, 11) is 3.35. The maximum Gasteiger partial charge on any atom is 0.161 e. The quantitative estimate of drug-likeness (QED) is 0.194. The minimum Gasteiger partial charge on any atom is -0.508 e. The van der Waals surface area contributed by atoms with Gasteiger partial charge in [0.05, 0.1) is 26.2 Å². The van der Waals surface area contributed by atoms with Gasteiger partial charge in [0.1, 0.15) is 11.9 Å². The Bertz CT molecular complexity index is 1990. The van der Waals surface area contributed by atoms with Gasteiger partial charge in [0.25, 0.3) is 0 Å². The number of hydrogen-bond donors (Lipinski definition) is 1. The second-order valence-corrected chi connectivity index (χ2v) is 12.9. The Morgan fingerprint density at radius 2 is 1.31 bits per heavy atom. The van der Waals surface area contributed by atoms with Crippen LogP contribution < -0.4 is 14.4 Å². The summed E-state index contributed by atoms with van der Waals surface area (Å²) in [6.07, 6.45) is 6.99. The largest absolute Gasteiger partial charge is 0.508 e. The number of fused-ring (bicyclic) bond motifs is 3. The number of ether oxygens (including phenoxy) is 3. The lowest BCUT2D eigenvalue weighted by atomic mass is 9.70. The Kier molecular flexibility index (Phi) is 7.78. The van der Waals surface area contributed by atoms with Gasteiger partial charge in [-0.1, -0.05) is 84.9 Å². The van der Waals surface area contributed by atoms with Crippen LogP contribution in [0.25, 0.3) is 16.7 Å². The summed E-state index contributed by atoms with van der Waals surface area (Å²) in [4.78, 5) is 2.48. The Morgan fingerprint density at radius 3 is 1.98 bits per heavy atom. The van der Waals surface area contributed by atoms with Crippen LogP contribution in [0.1, 0.15) is 46.8 Å². The molecular formula is C43H39NO4. The molecule has 2 unspecified atom stereocenters. The molecule has 5 aromatic carbocycles. The molecule has 0 saturated carbocycles. The molecule has 2 aliphatic heterocycles. The van der Waals surface area contributed by atoms with Gasteiger partial charge < -0.3 is 24.2 Å². The van der Waals surface area contributed by atoms with Gasteiger partial charge in [-0.05, 0) is 105 Å². The summed E-state index contributed by atoms with van der Waals surface area (Å²) in [6.45, 7) is 2.75. The maximum absolute atomic E-state index is 9.78. The van der Waals surface area contributed by atoms with Crippen LogP contribution in [0.5, 0.6) is 17.2 Å². The first-order chi connectivity index (χ1) is 23.6. The smallest absolute Gasteiger partial charge is 0.161 e. The molecule has 1 N–H and O–H groups in total. The Balaban J connectivity index is 1.28. The molecule has 3 aliphatic rings. The second kappa shape index (κ2) is 12.4. The molecule has 240 valence electrons. The molecule has 0 radical (unpaired) electrons. The highest BCUT2D eigenvalue weighted by molar-refractivity contribution is 5.88. The molecule has 0 aromatic heterocycles. The normalized spacial score (nSPS) is 20.0. The van der Waals surface area contributed by atoms with E-state index in [1.807, 2.05) is 12.1 Å². The predicted octanol–water partition coefficient (Wildman–Crippen LogP) is 9.11. The molecule has 2 atom stereocenters. The van der Waals surface area contributed by atoms with Crippen molar-refractivity contribution in [1.82, 2.24) is 0 Å². The number of phenols is 1. The average molecular weight is 634 g/mol. The van der Waals surface area contributed by atoms with E-state index in [1.54, 1.807) is 26.4 Å². The molecule has 8 rings (SSSR count). The van der Waals surface area contributed by atoms with Crippen molar-refractivity contribution in [2.24, 2.45) is 0 Å². The fraction of sp³-hybridized carbons (Fsp3) is 0.209. The van der Waals surface area contributed by atoms with Crippen molar-refractivity contribution < 1.29 is 19.3 Å². The first kappa shape index (κ1) is 30.1. The fourth-order valence-electron chi connectivity index (χ4n) is 7.60. The van der Waals surface area contributed by atoms with Gasteiger partial charge >= 0.3 is 0 Å². The molecule has 1 saturated heterocycles. The maximum atomic E-state index is 9.78. The zero-order valence-corrected chi connectivity index (χ0v) is 27.4. The third-order valence-corrected chi connectivity index (χ3v) is 10.2. The first-order valence-electron chi connectivity index (χ1n) is 16.7. The molecular weight excluding hydrogens is 594 g/mol. The van der Waals surface area contributed by atoms with Crippen molar-refractivity contribution in [3.8, 4) is 28.4 Å². The summed E-state index contributed by atoms with van der Waals surface area (Å²) >= 11 is 0. The predicted molar refractivity (Wildman–Crippen MR) is 192 cm³/mol. The van der Waals surface area contributed by atoms with E-state index in [4.69, 9.17) is 14.2 Å². The van der Waals surface area contributed by atoms with Gasteiger partial charge in [-0.2, -0.15) is 0 Å². The number of nitrogens with zero attached hydrogens (tertiary/aromatic N) is 1. The number of hydrogen-bond acceptors (Lipinski definition) is 5. The standard InChI is InChI=1S/C43H39NO4/c1-46-40-25-38-37(31-12-10-29(11-13-31)30-14-20-36(45)21-15-30)24-32-27-43(33-8-4-3-5-9-33,28-48-42(32)39(38)26-41(40)47-2)34-16-18-35(19-17-34)44-22-6-7-23-44/h3-5,8-21,24-27,42,45H,6-7,22-23,28H2,1-2H3. The van der Waals surface area contributed by atoms with Crippen LogP contribution in [0.15, 0.2) is 133 Å². The van der Waals surface area contributed by atoms with Crippen LogP contribution in [0.4, 0.5) is 5.69 Å². The Morgan fingerprint density at radius 1 is 0.708 bits per heavy atom. The molecule has 5 aromatic rings. The van der Waals surface area contributed by atoms with Crippen LogP contribution in [0.3, 0.4) is 0 Å². The third kappa shape index (κ3) is 5.25. The number of rotatable bonds is 7. The van der Waals surface area contributed by atoms with E-state index >= 15 is 0 Å². The summed E-state index contributed by atoms with van der Waals surface area (Å²) in [5.74, 6) is 1.62. The van der Waals surface area contributed by atoms with E-state index in [0.29, 0.717) is 18.1 Å². The molecule has 0 amide bonds. The van der Waals surface area contributed by atoms with Gasteiger partial charge in [-0.15, -0.1) is 0 Å².